The van der Waals surface area contributed by atoms with Crippen LogP contribution in [0.5, 0.6) is 0 Å². The number of aryl methyl sites for hydroxylation is 1. The number of rotatable bonds is 2. The lowest BCUT2D eigenvalue weighted by Gasteiger charge is -2.25. The molecule has 0 N–H and O–H groups in total. The highest BCUT2D eigenvalue weighted by molar-refractivity contribution is 7.89. The molecule has 0 bridgehead atoms. The number of aromatic nitrogens is 1. The van der Waals surface area contributed by atoms with Crippen LogP contribution in [0.15, 0.2) is 32.3 Å². The molecule has 0 aliphatic carbocycles. The van der Waals surface area contributed by atoms with Crippen molar-refractivity contribution in [1.29, 1.82) is 0 Å². The van der Waals surface area contributed by atoms with Gasteiger partial charge in [-0.15, -0.1) is 0 Å². The van der Waals surface area contributed by atoms with Gasteiger partial charge < -0.3 is 4.42 Å². The van der Waals surface area contributed by atoms with E-state index in [1.54, 1.807) is 13.1 Å². The summed E-state index contributed by atoms with van der Waals surface area (Å²) in [5, 5.41) is 0. The molecule has 1 saturated heterocycles. The number of fused-ring (bicyclic) bond motifs is 1. The Morgan fingerprint density at radius 2 is 2.05 bits per heavy atom. The first-order valence-corrected chi connectivity index (χ1v) is 7.69. The molecule has 0 unspecified atom stereocenters. The van der Waals surface area contributed by atoms with Crippen molar-refractivity contribution < 1.29 is 17.7 Å². The summed E-state index contributed by atoms with van der Waals surface area (Å²) in [7, 11) is -2.15. The third-order valence-corrected chi connectivity index (χ3v) is 4.97. The van der Waals surface area contributed by atoms with E-state index < -0.39 is 15.8 Å². The Morgan fingerprint density at radius 3 is 2.75 bits per heavy atom. The fourth-order valence-corrected chi connectivity index (χ4v) is 3.47. The molecular formula is C12H14N2O5S. The lowest BCUT2D eigenvalue weighted by Crippen LogP contribution is -2.35. The van der Waals surface area contributed by atoms with Gasteiger partial charge in [0.1, 0.15) is 0 Å². The summed E-state index contributed by atoms with van der Waals surface area (Å²) in [5.41, 5.74) is 0.795. The van der Waals surface area contributed by atoms with Gasteiger partial charge in [0, 0.05) is 19.7 Å². The summed E-state index contributed by atoms with van der Waals surface area (Å²) < 4.78 is 32.1. The van der Waals surface area contributed by atoms with Gasteiger partial charge in [-0.2, -0.15) is 0 Å². The molecule has 1 aromatic carbocycles. The maximum absolute atomic E-state index is 12.4. The molecular weight excluding hydrogens is 284 g/mol. The van der Waals surface area contributed by atoms with Crippen molar-refractivity contribution in [3.8, 4) is 0 Å². The second-order valence-electron chi connectivity index (χ2n) is 4.63. The number of sulfonamides is 1. The van der Waals surface area contributed by atoms with Crippen molar-refractivity contribution in [2.75, 3.05) is 13.2 Å². The number of hydroxylamine groups is 1. The monoisotopic (exact) mass is 298 g/mol. The van der Waals surface area contributed by atoms with Crippen LogP contribution in [0, 0.1) is 0 Å². The zero-order valence-corrected chi connectivity index (χ0v) is 11.7. The molecule has 0 amide bonds. The quantitative estimate of drug-likeness (QED) is 0.821. The molecule has 3 rings (SSSR count). The number of nitrogens with zero attached hydrogens (tertiary/aromatic N) is 2. The highest BCUT2D eigenvalue weighted by Crippen LogP contribution is 2.23. The molecule has 2 heterocycles. The van der Waals surface area contributed by atoms with E-state index in [0.717, 1.165) is 17.3 Å². The molecule has 20 heavy (non-hydrogen) atoms. The normalized spacial score (nSPS) is 17.6. The van der Waals surface area contributed by atoms with Gasteiger partial charge in [0.2, 0.25) is 0 Å². The van der Waals surface area contributed by atoms with Crippen LogP contribution in [0.25, 0.3) is 11.1 Å². The highest BCUT2D eigenvalue weighted by Gasteiger charge is 2.28. The number of hydrogen-bond acceptors (Lipinski definition) is 5. The minimum atomic E-state index is -3.72. The van der Waals surface area contributed by atoms with Gasteiger partial charge in [-0.3, -0.25) is 9.40 Å². The number of oxazole rings is 1. The van der Waals surface area contributed by atoms with Crippen LogP contribution < -0.4 is 5.76 Å². The van der Waals surface area contributed by atoms with Crippen LogP contribution in [-0.4, -0.2) is 30.6 Å². The van der Waals surface area contributed by atoms with Gasteiger partial charge in [-0.1, -0.05) is 4.47 Å². The molecule has 1 fully saturated rings. The van der Waals surface area contributed by atoms with Gasteiger partial charge in [0.05, 0.1) is 17.0 Å². The zero-order chi connectivity index (χ0) is 14.3. The Bertz CT molecular complexity index is 799. The standard InChI is InChI=1S/C12H14N2O5S/c1-13-10-5-4-9(8-11(10)19-12(13)15)20(16,17)14-6-2-3-7-18-14/h4-5,8H,2-3,6-7H2,1H3. The molecule has 2 aromatic rings. The second kappa shape index (κ2) is 4.72. The predicted molar refractivity (Wildman–Crippen MR) is 70.5 cm³/mol. The molecule has 1 aromatic heterocycles. The Balaban J connectivity index is 2.07. The van der Waals surface area contributed by atoms with Crippen molar-refractivity contribution in [1.82, 2.24) is 9.04 Å². The zero-order valence-electron chi connectivity index (χ0n) is 10.9. The maximum Gasteiger partial charge on any atom is 0.419 e. The Labute approximate surface area is 115 Å². The molecule has 1 aliphatic rings. The molecule has 108 valence electrons. The van der Waals surface area contributed by atoms with Crippen molar-refractivity contribution in [2.45, 2.75) is 17.7 Å². The molecule has 8 heteroatoms. The Kier molecular flexibility index (Phi) is 3.15. The van der Waals surface area contributed by atoms with Crippen LogP contribution in [0.1, 0.15) is 12.8 Å². The van der Waals surface area contributed by atoms with Gasteiger partial charge in [0.25, 0.3) is 10.0 Å². The second-order valence-corrected chi connectivity index (χ2v) is 6.46. The van der Waals surface area contributed by atoms with Crippen molar-refractivity contribution in [2.24, 2.45) is 7.05 Å². The highest BCUT2D eigenvalue weighted by atomic mass is 32.2. The van der Waals surface area contributed by atoms with E-state index in [4.69, 9.17) is 9.25 Å². The van der Waals surface area contributed by atoms with Gasteiger partial charge in [-0.05, 0) is 25.0 Å². The first kappa shape index (κ1) is 13.3. The minimum absolute atomic E-state index is 0.0567. The topological polar surface area (TPSA) is 81.8 Å². The van der Waals surface area contributed by atoms with Crippen molar-refractivity contribution in [3.05, 3.63) is 28.7 Å². The van der Waals surface area contributed by atoms with Gasteiger partial charge in [-0.25, -0.2) is 13.2 Å². The summed E-state index contributed by atoms with van der Waals surface area (Å²) in [6.07, 6.45) is 1.61. The maximum atomic E-state index is 12.4. The largest absolute Gasteiger partial charge is 0.419 e. The smallest absolute Gasteiger partial charge is 0.408 e. The van der Waals surface area contributed by atoms with E-state index in [2.05, 4.69) is 0 Å². The molecule has 0 spiro atoms. The van der Waals surface area contributed by atoms with Gasteiger partial charge in [0.15, 0.2) is 5.58 Å². The Hall–Kier alpha value is -1.64. The molecule has 1 aliphatic heterocycles. The van der Waals surface area contributed by atoms with Crippen LogP contribution in [-0.2, 0) is 21.9 Å². The average Bonchev–Trinajstić information content (AvgIpc) is 2.74. The molecule has 0 saturated carbocycles. The average molecular weight is 298 g/mol. The fourth-order valence-electron chi connectivity index (χ4n) is 2.16. The van der Waals surface area contributed by atoms with Gasteiger partial charge >= 0.3 is 5.76 Å². The summed E-state index contributed by atoms with van der Waals surface area (Å²) in [6.45, 7) is 0.723. The van der Waals surface area contributed by atoms with E-state index >= 15 is 0 Å². The van der Waals surface area contributed by atoms with Crippen LogP contribution in [0.4, 0.5) is 0 Å². The third kappa shape index (κ3) is 2.05. The summed E-state index contributed by atoms with van der Waals surface area (Å²) >= 11 is 0. The number of benzene rings is 1. The van der Waals surface area contributed by atoms with Crippen LogP contribution >= 0.6 is 0 Å². The predicted octanol–water partition coefficient (Wildman–Crippen LogP) is 0.848. The minimum Gasteiger partial charge on any atom is -0.408 e. The van der Waals surface area contributed by atoms with Crippen LogP contribution in [0.2, 0.25) is 0 Å². The first-order chi connectivity index (χ1) is 9.50. The van der Waals surface area contributed by atoms with Crippen molar-refractivity contribution in [3.63, 3.8) is 0 Å². The molecule has 7 nitrogen and oxygen atoms in total. The molecule has 0 atom stereocenters. The fraction of sp³-hybridized carbons (Fsp3) is 0.417. The lowest BCUT2D eigenvalue weighted by molar-refractivity contribution is -0.108. The Morgan fingerprint density at radius 1 is 1.25 bits per heavy atom. The SMILES string of the molecule is Cn1c(=O)oc2cc(S(=O)(=O)N3CCCCO3)ccc21. The van der Waals surface area contributed by atoms with Crippen LogP contribution in [0.3, 0.4) is 0 Å². The van der Waals surface area contributed by atoms with E-state index in [1.165, 1.54) is 16.7 Å². The van der Waals surface area contributed by atoms with E-state index in [1.807, 2.05) is 0 Å². The first-order valence-electron chi connectivity index (χ1n) is 6.25. The lowest BCUT2D eigenvalue weighted by atomic mass is 10.3. The number of hydrogen-bond donors (Lipinski definition) is 0. The summed E-state index contributed by atoms with van der Waals surface area (Å²) in [5.74, 6) is -0.524. The van der Waals surface area contributed by atoms with E-state index in [0.29, 0.717) is 18.7 Å². The van der Waals surface area contributed by atoms with Crippen molar-refractivity contribution >= 4 is 21.1 Å². The third-order valence-electron chi connectivity index (χ3n) is 3.30. The van der Waals surface area contributed by atoms with E-state index in [9.17, 15) is 13.2 Å². The summed E-state index contributed by atoms with van der Waals surface area (Å²) in [4.78, 5) is 16.7. The van der Waals surface area contributed by atoms with E-state index in [-0.39, 0.29) is 10.5 Å². The summed E-state index contributed by atoms with van der Waals surface area (Å²) in [6, 6.07) is 4.35. The molecule has 0 radical (unpaired) electrons.